The Hall–Kier alpha value is -1.56. The number of ether oxygens (including phenoxy) is 1. The van der Waals surface area contributed by atoms with E-state index in [1.165, 1.54) is 31.2 Å². The molecule has 5 nitrogen and oxygen atoms in total. The maximum Gasteiger partial charge on any atom is 0.341 e. The molecule has 150 valence electrons. The molecule has 0 bridgehead atoms. The normalized spacial score (nSPS) is 20.7. The van der Waals surface area contributed by atoms with Gasteiger partial charge in [0.15, 0.2) is 0 Å². The van der Waals surface area contributed by atoms with Crippen LogP contribution in [0.2, 0.25) is 0 Å². The van der Waals surface area contributed by atoms with Crippen LogP contribution in [-0.2, 0) is 17.6 Å². The first-order valence-electron chi connectivity index (χ1n) is 10.1. The van der Waals surface area contributed by atoms with Gasteiger partial charge < -0.3 is 10.1 Å². The van der Waals surface area contributed by atoms with Gasteiger partial charge in [0.1, 0.15) is 5.00 Å². The lowest BCUT2D eigenvalue weighted by atomic mass is 9.72. The van der Waals surface area contributed by atoms with Gasteiger partial charge in [-0.3, -0.25) is 5.32 Å². The molecule has 1 heterocycles. The maximum absolute atomic E-state index is 12.5. The van der Waals surface area contributed by atoms with E-state index in [1.54, 1.807) is 11.3 Å². The van der Waals surface area contributed by atoms with Crippen LogP contribution in [0.15, 0.2) is 0 Å². The van der Waals surface area contributed by atoms with Crippen molar-refractivity contribution < 1.29 is 14.3 Å². The van der Waals surface area contributed by atoms with E-state index >= 15 is 0 Å². The topological polar surface area (TPSA) is 67.4 Å². The summed E-state index contributed by atoms with van der Waals surface area (Å²) in [5, 5.41) is 6.65. The quantitative estimate of drug-likeness (QED) is 0.700. The summed E-state index contributed by atoms with van der Waals surface area (Å²) in [6.07, 6.45) is 8.53. The van der Waals surface area contributed by atoms with E-state index in [9.17, 15) is 9.59 Å². The van der Waals surface area contributed by atoms with Crippen LogP contribution >= 0.6 is 11.3 Å². The molecule has 2 aliphatic carbocycles. The molecule has 0 aliphatic heterocycles. The minimum Gasteiger partial charge on any atom is -0.465 e. The van der Waals surface area contributed by atoms with Crippen LogP contribution in [-0.4, -0.2) is 25.2 Å². The molecule has 1 saturated carbocycles. The Bertz CT molecular complexity index is 699. The van der Waals surface area contributed by atoms with Gasteiger partial charge >= 0.3 is 12.0 Å². The highest BCUT2D eigenvalue weighted by Gasteiger charge is 2.34. The van der Waals surface area contributed by atoms with Gasteiger partial charge in [-0.2, -0.15) is 0 Å². The van der Waals surface area contributed by atoms with Crippen molar-refractivity contribution in [3.8, 4) is 0 Å². The molecular formula is C21H32N2O3S. The molecule has 2 aliphatic rings. The lowest BCUT2D eigenvalue weighted by Crippen LogP contribution is -2.39. The molecule has 0 aromatic carbocycles. The van der Waals surface area contributed by atoms with Crippen LogP contribution < -0.4 is 10.6 Å². The van der Waals surface area contributed by atoms with E-state index in [-0.39, 0.29) is 23.5 Å². The number of hydrogen-bond donors (Lipinski definition) is 2. The number of amides is 2. The highest BCUT2D eigenvalue weighted by atomic mass is 32.1. The summed E-state index contributed by atoms with van der Waals surface area (Å²) >= 11 is 1.54. The van der Waals surface area contributed by atoms with Gasteiger partial charge in [0.05, 0.1) is 12.7 Å². The van der Waals surface area contributed by atoms with Crippen molar-refractivity contribution in [2.24, 2.45) is 11.3 Å². The second-order valence-electron chi connectivity index (χ2n) is 8.94. The maximum atomic E-state index is 12.5. The lowest BCUT2D eigenvalue weighted by molar-refractivity contribution is 0.0600. The Morgan fingerprint density at radius 3 is 2.44 bits per heavy atom. The van der Waals surface area contributed by atoms with Crippen LogP contribution in [0.5, 0.6) is 0 Å². The Morgan fingerprint density at radius 1 is 1.11 bits per heavy atom. The molecule has 3 rings (SSSR count). The SMILES string of the molecule is COC(=O)c1c(NC(=O)NC2CCCCC2)sc2c1CC[C@@H](C(C)(C)C)C2. The Kier molecular flexibility index (Phi) is 6.14. The largest absolute Gasteiger partial charge is 0.465 e. The van der Waals surface area contributed by atoms with E-state index in [2.05, 4.69) is 31.4 Å². The summed E-state index contributed by atoms with van der Waals surface area (Å²) in [6.45, 7) is 6.82. The zero-order valence-corrected chi connectivity index (χ0v) is 17.8. The summed E-state index contributed by atoms with van der Waals surface area (Å²) < 4.78 is 5.02. The highest BCUT2D eigenvalue weighted by molar-refractivity contribution is 7.17. The minimum atomic E-state index is -0.352. The number of methoxy groups -OCH3 is 1. The molecule has 27 heavy (non-hydrogen) atoms. The molecule has 0 spiro atoms. The van der Waals surface area contributed by atoms with E-state index in [1.807, 2.05) is 0 Å². The first-order chi connectivity index (χ1) is 12.8. The van der Waals surface area contributed by atoms with Crippen molar-refractivity contribution in [1.29, 1.82) is 0 Å². The average molecular weight is 393 g/mol. The van der Waals surface area contributed by atoms with Gasteiger partial charge in [0.2, 0.25) is 0 Å². The third kappa shape index (κ3) is 4.65. The number of carbonyl (C=O) groups excluding carboxylic acids is 2. The number of rotatable bonds is 3. The number of nitrogens with one attached hydrogen (secondary N) is 2. The fourth-order valence-corrected chi connectivity index (χ4v) is 5.61. The molecule has 0 saturated heterocycles. The number of urea groups is 1. The van der Waals surface area contributed by atoms with Crippen LogP contribution in [0.4, 0.5) is 9.80 Å². The van der Waals surface area contributed by atoms with Gasteiger partial charge in [-0.15, -0.1) is 11.3 Å². The van der Waals surface area contributed by atoms with E-state index < -0.39 is 0 Å². The number of esters is 1. The van der Waals surface area contributed by atoms with E-state index in [4.69, 9.17) is 4.74 Å². The smallest absolute Gasteiger partial charge is 0.341 e. The first-order valence-corrected chi connectivity index (χ1v) is 10.9. The number of anilines is 1. The minimum absolute atomic E-state index is 0.210. The molecule has 1 aromatic rings. The van der Waals surface area contributed by atoms with Gasteiger partial charge in [0.25, 0.3) is 0 Å². The molecule has 1 atom stereocenters. The molecule has 0 radical (unpaired) electrons. The highest BCUT2D eigenvalue weighted by Crippen LogP contribution is 2.44. The van der Waals surface area contributed by atoms with Crippen molar-refractivity contribution in [2.45, 2.75) is 78.2 Å². The van der Waals surface area contributed by atoms with Crippen molar-refractivity contribution in [2.75, 3.05) is 12.4 Å². The van der Waals surface area contributed by atoms with Crippen LogP contribution in [0.3, 0.4) is 0 Å². The van der Waals surface area contributed by atoms with Crippen molar-refractivity contribution >= 4 is 28.3 Å². The van der Waals surface area contributed by atoms with Crippen molar-refractivity contribution in [3.63, 3.8) is 0 Å². The number of carbonyl (C=O) groups is 2. The molecule has 1 aromatic heterocycles. The number of hydrogen-bond acceptors (Lipinski definition) is 4. The molecule has 2 N–H and O–H groups in total. The fraction of sp³-hybridized carbons (Fsp3) is 0.714. The summed E-state index contributed by atoms with van der Waals surface area (Å²) in [4.78, 5) is 26.2. The van der Waals surface area contributed by atoms with E-state index in [0.29, 0.717) is 16.5 Å². The average Bonchev–Trinajstić information content (AvgIpc) is 2.97. The zero-order valence-electron chi connectivity index (χ0n) is 16.9. The third-order valence-electron chi connectivity index (χ3n) is 6.05. The Labute approximate surface area is 166 Å². The van der Waals surface area contributed by atoms with Gasteiger partial charge in [0, 0.05) is 10.9 Å². The Balaban J connectivity index is 1.79. The zero-order chi connectivity index (χ0) is 19.6. The second-order valence-corrected chi connectivity index (χ2v) is 10.0. The standard InChI is InChI=1S/C21H32N2O3S/c1-21(2,3)13-10-11-15-16(12-13)27-18(17(15)19(24)26-4)23-20(25)22-14-8-6-5-7-9-14/h13-14H,5-12H2,1-4H3,(H2,22,23,25)/t13-/m1/s1. The molecule has 6 heteroatoms. The summed E-state index contributed by atoms with van der Waals surface area (Å²) in [5.41, 5.74) is 1.86. The number of thiophene rings is 1. The summed E-state index contributed by atoms with van der Waals surface area (Å²) in [7, 11) is 1.40. The first kappa shape index (κ1) is 20.2. The van der Waals surface area contributed by atoms with Crippen LogP contribution in [0.1, 0.15) is 80.1 Å². The van der Waals surface area contributed by atoms with Gasteiger partial charge in [-0.25, -0.2) is 9.59 Å². The second kappa shape index (κ2) is 8.21. The number of fused-ring (bicyclic) bond motifs is 1. The van der Waals surface area contributed by atoms with E-state index in [0.717, 1.165) is 37.7 Å². The molecule has 2 amide bonds. The Morgan fingerprint density at radius 2 is 1.81 bits per heavy atom. The summed E-state index contributed by atoms with van der Waals surface area (Å²) in [5.74, 6) is 0.229. The molecule has 0 unspecified atom stereocenters. The van der Waals surface area contributed by atoms with Crippen molar-refractivity contribution in [3.05, 3.63) is 16.0 Å². The monoisotopic (exact) mass is 392 g/mol. The van der Waals surface area contributed by atoms with Gasteiger partial charge in [-0.05, 0) is 49.0 Å². The third-order valence-corrected chi connectivity index (χ3v) is 7.22. The van der Waals surface area contributed by atoms with Crippen molar-refractivity contribution in [1.82, 2.24) is 5.32 Å². The lowest BCUT2D eigenvalue weighted by Gasteiger charge is -2.33. The fourth-order valence-electron chi connectivity index (χ4n) is 4.30. The molecular weight excluding hydrogens is 360 g/mol. The predicted octanol–water partition coefficient (Wildman–Crippen LogP) is 5.14. The van der Waals surface area contributed by atoms with Crippen LogP contribution in [0, 0.1) is 11.3 Å². The van der Waals surface area contributed by atoms with Gasteiger partial charge in [-0.1, -0.05) is 40.0 Å². The molecule has 1 fully saturated rings. The summed E-state index contributed by atoms with van der Waals surface area (Å²) in [6, 6.07) is 0.0261. The van der Waals surface area contributed by atoms with Crippen LogP contribution in [0.25, 0.3) is 0 Å². The predicted molar refractivity (Wildman–Crippen MR) is 110 cm³/mol.